The Morgan fingerprint density at radius 1 is 1.26 bits per heavy atom. The van der Waals surface area contributed by atoms with E-state index in [1.807, 2.05) is 0 Å². The highest BCUT2D eigenvalue weighted by atomic mass is 14.7. The molecule has 2 N–H and O–H groups in total. The van der Waals surface area contributed by atoms with Gasteiger partial charge in [-0.2, -0.15) is 0 Å². The molecule has 1 atom stereocenters. The highest BCUT2D eigenvalue weighted by Crippen LogP contribution is 2.42. The first-order chi connectivity index (χ1) is 9.02. The Morgan fingerprint density at radius 2 is 1.95 bits per heavy atom. The number of nitrogens with two attached hydrogens (primary N) is 1. The molecule has 1 heteroatoms. The van der Waals surface area contributed by atoms with Crippen molar-refractivity contribution in [1.29, 1.82) is 0 Å². The van der Waals surface area contributed by atoms with Crippen molar-refractivity contribution in [3.05, 3.63) is 35.4 Å². The van der Waals surface area contributed by atoms with E-state index in [1.165, 1.54) is 43.2 Å². The smallest absolute Gasteiger partial charge is 0.0323 e. The van der Waals surface area contributed by atoms with Crippen LogP contribution in [0.1, 0.15) is 70.0 Å². The van der Waals surface area contributed by atoms with Crippen LogP contribution < -0.4 is 5.73 Å². The molecule has 1 unspecified atom stereocenters. The molecule has 0 aromatic heterocycles. The largest absolute Gasteiger partial charge is 0.324 e. The quantitative estimate of drug-likeness (QED) is 0.821. The monoisotopic (exact) mass is 259 g/mol. The third-order valence-corrected chi connectivity index (χ3v) is 4.77. The first-order valence-corrected chi connectivity index (χ1v) is 7.86. The van der Waals surface area contributed by atoms with Gasteiger partial charge in [-0.25, -0.2) is 0 Å². The van der Waals surface area contributed by atoms with Crippen LogP contribution in [0.4, 0.5) is 0 Å². The molecule has 19 heavy (non-hydrogen) atoms. The molecule has 106 valence electrons. The van der Waals surface area contributed by atoms with E-state index < -0.39 is 0 Å². The van der Waals surface area contributed by atoms with E-state index in [0.29, 0.717) is 11.3 Å². The SMILES string of the molecule is CCCc1cccc(C(N)C2CCC(C)(C)CC2)c1. The average Bonchev–Trinajstić information content (AvgIpc) is 2.39. The number of hydrogen-bond donors (Lipinski definition) is 1. The lowest BCUT2D eigenvalue weighted by Gasteiger charge is -2.37. The zero-order chi connectivity index (χ0) is 13.9. The second-order valence-electron chi connectivity index (χ2n) is 7.02. The summed E-state index contributed by atoms with van der Waals surface area (Å²) < 4.78 is 0. The molecular formula is C18H29N. The van der Waals surface area contributed by atoms with E-state index in [9.17, 15) is 0 Å². The third-order valence-electron chi connectivity index (χ3n) is 4.77. The fourth-order valence-electron chi connectivity index (χ4n) is 3.30. The molecule has 2 rings (SSSR count). The van der Waals surface area contributed by atoms with E-state index in [4.69, 9.17) is 5.73 Å². The van der Waals surface area contributed by atoms with E-state index in [0.717, 1.165) is 6.42 Å². The van der Waals surface area contributed by atoms with Gasteiger partial charge in [-0.05, 0) is 54.6 Å². The maximum atomic E-state index is 6.52. The highest BCUT2D eigenvalue weighted by Gasteiger charge is 2.30. The fourth-order valence-corrected chi connectivity index (χ4v) is 3.30. The lowest BCUT2D eigenvalue weighted by Crippen LogP contribution is -2.29. The molecule has 0 amide bonds. The summed E-state index contributed by atoms with van der Waals surface area (Å²) in [6.07, 6.45) is 7.58. The minimum atomic E-state index is 0.230. The normalized spacial score (nSPS) is 21.3. The van der Waals surface area contributed by atoms with Gasteiger partial charge in [0.15, 0.2) is 0 Å². The lowest BCUT2D eigenvalue weighted by molar-refractivity contribution is 0.173. The van der Waals surface area contributed by atoms with Crippen molar-refractivity contribution in [3.8, 4) is 0 Å². The van der Waals surface area contributed by atoms with Crippen LogP contribution in [0.15, 0.2) is 24.3 Å². The van der Waals surface area contributed by atoms with Gasteiger partial charge in [0.05, 0.1) is 0 Å². The van der Waals surface area contributed by atoms with Gasteiger partial charge in [-0.1, -0.05) is 51.5 Å². The van der Waals surface area contributed by atoms with Crippen molar-refractivity contribution < 1.29 is 0 Å². The Hall–Kier alpha value is -0.820. The van der Waals surface area contributed by atoms with Crippen LogP contribution in [0.25, 0.3) is 0 Å². The number of hydrogen-bond acceptors (Lipinski definition) is 1. The summed E-state index contributed by atoms with van der Waals surface area (Å²) in [6, 6.07) is 9.17. The maximum Gasteiger partial charge on any atom is 0.0323 e. The summed E-state index contributed by atoms with van der Waals surface area (Å²) in [7, 11) is 0. The van der Waals surface area contributed by atoms with E-state index >= 15 is 0 Å². The van der Waals surface area contributed by atoms with Crippen molar-refractivity contribution in [3.63, 3.8) is 0 Å². The predicted octanol–water partition coefficient (Wildman–Crippen LogP) is 4.86. The highest BCUT2D eigenvalue weighted by molar-refractivity contribution is 5.26. The minimum absolute atomic E-state index is 0.230. The molecule has 1 aromatic carbocycles. The lowest BCUT2D eigenvalue weighted by atomic mass is 9.70. The minimum Gasteiger partial charge on any atom is -0.324 e. The summed E-state index contributed by atoms with van der Waals surface area (Å²) in [6.45, 7) is 7.00. The van der Waals surface area contributed by atoms with Gasteiger partial charge in [0.2, 0.25) is 0 Å². The molecule has 0 spiro atoms. The summed E-state index contributed by atoms with van der Waals surface area (Å²) in [4.78, 5) is 0. The van der Waals surface area contributed by atoms with Crippen LogP contribution in [0.2, 0.25) is 0 Å². The van der Waals surface area contributed by atoms with Crippen molar-refractivity contribution >= 4 is 0 Å². The number of rotatable bonds is 4. The number of aryl methyl sites for hydroxylation is 1. The zero-order valence-electron chi connectivity index (χ0n) is 12.8. The number of benzene rings is 1. The topological polar surface area (TPSA) is 26.0 Å². The van der Waals surface area contributed by atoms with E-state index in [1.54, 1.807) is 0 Å². The molecule has 1 aromatic rings. The molecule has 0 aliphatic heterocycles. The van der Waals surface area contributed by atoms with Crippen LogP contribution in [-0.4, -0.2) is 0 Å². The Morgan fingerprint density at radius 3 is 2.58 bits per heavy atom. The molecule has 0 bridgehead atoms. The van der Waals surface area contributed by atoms with Crippen molar-refractivity contribution in [2.45, 2.75) is 65.3 Å². The maximum absolute atomic E-state index is 6.52. The van der Waals surface area contributed by atoms with Crippen molar-refractivity contribution in [2.75, 3.05) is 0 Å². The Bertz CT molecular complexity index is 398. The Kier molecular flexibility index (Phi) is 4.67. The van der Waals surface area contributed by atoms with Crippen molar-refractivity contribution in [1.82, 2.24) is 0 Å². The van der Waals surface area contributed by atoms with Crippen LogP contribution >= 0.6 is 0 Å². The van der Waals surface area contributed by atoms with Crippen LogP contribution in [0.5, 0.6) is 0 Å². The van der Waals surface area contributed by atoms with Crippen LogP contribution in [-0.2, 0) is 6.42 Å². The Balaban J connectivity index is 2.03. The summed E-state index contributed by atoms with van der Waals surface area (Å²) in [5.41, 5.74) is 9.83. The Labute approximate surface area is 118 Å². The average molecular weight is 259 g/mol. The van der Waals surface area contributed by atoms with E-state index in [-0.39, 0.29) is 6.04 Å². The van der Waals surface area contributed by atoms with Crippen LogP contribution in [0, 0.1) is 11.3 Å². The molecule has 1 fully saturated rings. The van der Waals surface area contributed by atoms with Gasteiger partial charge >= 0.3 is 0 Å². The van der Waals surface area contributed by atoms with E-state index in [2.05, 4.69) is 45.0 Å². The molecular weight excluding hydrogens is 230 g/mol. The molecule has 1 aliphatic carbocycles. The molecule has 0 radical (unpaired) electrons. The standard InChI is InChI=1S/C18H29N/c1-4-6-14-7-5-8-16(13-14)17(19)15-9-11-18(2,3)12-10-15/h5,7-8,13,15,17H,4,6,9-12,19H2,1-3H3. The predicted molar refractivity (Wildman–Crippen MR) is 83.1 cm³/mol. The van der Waals surface area contributed by atoms with Crippen molar-refractivity contribution in [2.24, 2.45) is 17.1 Å². The molecule has 0 heterocycles. The molecule has 1 aliphatic rings. The first-order valence-electron chi connectivity index (χ1n) is 7.86. The second-order valence-corrected chi connectivity index (χ2v) is 7.02. The second kappa shape index (κ2) is 6.09. The van der Waals surface area contributed by atoms with Gasteiger partial charge in [0, 0.05) is 6.04 Å². The van der Waals surface area contributed by atoms with Gasteiger partial charge in [0.25, 0.3) is 0 Å². The zero-order valence-corrected chi connectivity index (χ0v) is 12.8. The molecule has 0 saturated heterocycles. The summed E-state index contributed by atoms with van der Waals surface area (Å²) in [5.74, 6) is 0.671. The summed E-state index contributed by atoms with van der Waals surface area (Å²) >= 11 is 0. The van der Waals surface area contributed by atoms with Gasteiger partial charge in [0.1, 0.15) is 0 Å². The first kappa shape index (κ1) is 14.6. The van der Waals surface area contributed by atoms with Gasteiger partial charge in [-0.3, -0.25) is 0 Å². The third kappa shape index (κ3) is 3.82. The van der Waals surface area contributed by atoms with Crippen LogP contribution in [0.3, 0.4) is 0 Å². The molecule has 1 nitrogen and oxygen atoms in total. The summed E-state index contributed by atoms with van der Waals surface area (Å²) in [5, 5.41) is 0. The molecule has 1 saturated carbocycles. The fraction of sp³-hybridized carbons (Fsp3) is 0.667. The van der Waals surface area contributed by atoms with Gasteiger partial charge < -0.3 is 5.73 Å². The van der Waals surface area contributed by atoms with Gasteiger partial charge in [-0.15, -0.1) is 0 Å².